The van der Waals surface area contributed by atoms with Crippen molar-refractivity contribution in [3.8, 4) is 10.4 Å². The first-order valence-electron chi connectivity index (χ1n) is 5.08. The zero-order valence-corrected chi connectivity index (χ0v) is 10.4. The second-order valence-electron chi connectivity index (χ2n) is 3.47. The van der Waals surface area contributed by atoms with Crippen LogP contribution in [0.2, 0.25) is 5.02 Å². The molecule has 0 radical (unpaired) electrons. The van der Waals surface area contributed by atoms with Crippen LogP contribution in [0, 0.1) is 0 Å². The summed E-state index contributed by atoms with van der Waals surface area (Å²) in [4.78, 5) is 13.1. The second-order valence-corrected chi connectivity index (χ2v) is 5.04. The van der Waals surface area contributed by atoms with Gasteiger partial charge in [-0.05, 0) is 30.2 Å². The number of rotatable bonds is 3. The van der Waals surface area contributed by atoms with Gasteiger partial charge < -0.3 is 0 Å². The van der Waals surface area contributed by atoms with Crippen LogP contribution in [0.25, 0.3) is 10.4 Å². The highest BCUT2D eigenvalue weighted by molar-refractivity contribution is 7.15. The number of carbonyl (C=O) groups is 1. The topological polar surface area (TPSA) is 17.1 Å². The summed E-state index contributed by atoms with van der Waals surface area (Å²) >= 11 is 7.51. The summed E-state index contributed by atoms with van der Waals surface area (Å²) in [5, 5.41) is 0.728. The van der Waals surface area contributed by atoms with Crippen LogP contribution in [-0.2, 0) is 6.42 Å². The number of aldehydes is 1. The molecule has 82 valence electrons. The molecule has 0 amide bonds. The summed E-state index contributed by atoms with van der Waals surface area (Å²) in [7, 11) is 0. The highest BCUT2D eigenvalue weighted by atomic mass is 35.5. The summed E-state index contributed by atoms with van der Waals surface area (Å²) in [5.74, 6) is 0. The molecule has 0 atom stereocenters. The van der Waals surface area contributed by atoms with Crippen LogP contribution < -0.4 is 0 Å². The molecular weight excluding hydrogens is 240 g/mol. The lowest BCUT2D eigenvalue weighted by Gasteiger charge is -1.96. The first-order valence-corrected chi connectivity index (χ1v) is 6.28. The first kappa shape index (κ1) is 11.4. The average molecular weight is 251 g/mol. The predicted molar refractivity (Wildman–Crippen MR) is 69.5 cm³/mol. The summed E-state index contributed by atoms with van der Waals surface area (Å²) in [6.45, 7) is 2.06. The van der Waals surface area contributed by atoms with Gasteiger partial charge in [-0.15, -0.1) is 11.3 Å². The Labute approximate surface area is 104 Å². The maximum atomic E-state index is 10.9. The SMILES string of the molecule is CCc1sc(-c2ccc(Cl)cc2)cc1C=O. The normalized spacial score (nSPS) is 10.4. The van der Waals surface area contributed by atoms with Gasteiger partial charge in [0.05, 0.1) is 0 Å². The fourth-order valence-corrected chi connectivity index (χ4v) is 2.78. The number of thiophene rings is 1. The first-order chi connectivity index (χ1) is 7.74. The van der Waals surface area contributed by atoms with E-state index in [1.54, 1.807) is 11.3 Å². The van der Waals surface area contributed by atoms with Crippen molar-refractivity contribution in [1.82, 2.24) is 0 Å². The van der Waals surface area contributed by atoms with E-state index >= 15 is 0 Å². The molecular formula is C13H11ClOS. The average Bonchev–Trinajstić information content (AvgIpc) is 2.73. The molecule has 0 aliphatic carbocycles. The summed E-state index contributed by atoms with van der Waals surface area (Å²) < 4.78 is 0. The van der Waals surface area contributed by atoms with E-state index in [4.69, 9.17) is 11.6 Å². The van der Waals surface area contributed by atoms with Crippen molar-refractivity contribution in [2.45, 2.75) is 13.3 Å². The second kappa shape index (κ2) is 4.81. The van der Waals surface area contributed by atoms with Crippen molar-refractivity contribution in [2.75, 3.05) is 0 Å². The molecule has 0 saturated carbocycles. The van der Waals surface area contributed by atoms with Crippen LogP contribution in [-0.4, -0.2) is 6.29 Å². The van der Waals surface area contributed by atoms with Gasteiger partial charge in [-0.2, -0.15) is 0 Å². The molecule has 0 unspecified atom stereocenters. The zero-order valence-electron chi connectivity index (χ0n) is 8.87. The Bertz CT molecular complexity index is 499. The summed E-state index contributed by atoms with van der Waals surface area (Å²) in [5.41, 5.74) is 1.91. The van der Waals surface area contributed by atoms with Crippen molar-refractivity contribution in [3.63, 3.8) is 0 Å². The van der Waals surface area contributed by atoms with Gasteiger partial charge in [-0.25, -0.2) is 0 Å². The monoisotopic (exact) mass is 250 g/mol. The Kier molecular flexibility index (Phi) is 3.42. The smallest absolute Gasteiger partial charge is 0.151 e. The summed E-state index contributed by atoms with van der Waals surface area (Å²) in [6, 6.07) is 9.62. The summed E-state index contributed by atoms with van der Waals surface area (Å²) in [6.07, 6.45) is 1.82. The zero-order chi connectivity index (χ0) is 11.5. The largest absolute Gasteiger partial charge is 0.298 e. The third kappa shape index (κ3) is 2.18. The van der Waals surface area contributed by atoms with Gasteiger partial charge in [-0.1, -0.05) is 30.7 Å². The van der Waals surface area contributed by atoms with Gasteiger partial charge >= 0.3 is 0 Å². The molecule has 1 nitrogen and oxygen atoms in total. The molecule has 3 heteroatoms. The van der Waals surface area contributed by atoms with E-state index < -0.39 is 0 Å². The molecule has 0 aliphatic heterocycles. The number of benzene rings is 1. The minimum atomic E-state index is 0.728. The third-order valence-electron chi connectivity index (χ3n) is 2.42. The minimum absolute atomic E-state index is 0.728. The third-order valence-corrected chi connectivity index (χ3v) is 4.01. The lowest BCUT2D eigenvalue weighted by atomic mass is 10.1. The van der Waals surface area contributed by atoms with E-state index in [0.29, 0.717) is 0 Å². The molecule has 1 aromatic carbocycles. The lowest BCUT2D eigenvalue weighted by molar-refractivity contribution is 0.112. The predicted octanol–water partition coefficient (Wildman–Crippen LogP) is 4.44. The van der Waals surface area contributed by atoms with E-state index in [1.807, 2.05) is 30.3 Å². The number of hydrogen-bond donors (Lipinski definition) is 0. The highest BCUT2D eigenvalue weighted by Crippen LogP contribution is 2.31. The van der Waals surface area contributed by atoms with Crippen LogP contribution in [0.1, 0.15) is 22.2 Å². The number of halogens is 1. The molecule has 0 saturated heterocycles. The Hall–Kier alpha value is -1.12. The van der Waals surface area contributed by atoms with E-state index in [-0.39, 0.29) is 0 Å². The van der Waals surface area contributed by atoms with Crippen LogP contribution in [0.4, 0.5) is 0 Å². The Morgan fingerprint density at radius 3 is 2.50 bits per heavy atom. The molecule has 0 fully saturated rings. The molecule has 2 aromatic rings. The molecule has 16 heavy (non-hydrogen) atoms. The van der Waals surface area contributed by atoms with E-state index in [2.05, 4.69) is 6.92 Å². The maximum absolute atomic E-state index is 10.9. The van der Waals surface area contributed by atoms with Gasteiger partial charge in [0, 0.05) is 20.3 Å². The molecule has 0 bridgehead atoms. The Balaban J connectivity index is 2.44. The van der Waals surface area contributed by atoms with E-state index in [9.17, 15) is 4.79 Å². The van der Waals surface area contributed by atoms with Gasteiger partial charge in [0.1, 0.15) is 0 Å². The lowest BCUT2D eigenvalue weighted by Crippen LogP contribution is -1.80. The molecule has 0 N–H and O–H groups in total. The van der Waals surface area contributed by atoms with E-state index in [0.717, 1.165) is 38.6 Å². The van der Waals surface area contributed by atoms with Gasteiger partial charge in [-0.3, -0.25) is 4.79 Å². The maximum Gasteiger partial charge on any atom is 0.151 e. The highest BCUT2D eigenvalue weighted by Gasteiger charge is 2.08. The number of aryl methyl sites for hydroxylation is 1. The fourth-order valence-electron chi connectivity index (χ4n) is 1.58. The van der Waals surface area contributed by atoms with Gasteiger partial charge in [0.15, 0.2) is 6.29 Å². The Morgan fingerprint density at radius 2 is 2.00 bits per heavy atom. The van der Waals surface area contributed by atoms with Crippen LogP contribution in [0.5, 0.6) is 0 Å². The van der Waals surface area contributed by atoms with Gasteiger partial charge in [0.2, 0.25) is 0 Å². The van der Waals surface area contributed by atoms with Crippen LogP contribution in [0.3, 0.4) is 0 Å². The molecule has 1 heterocycles. The van der Waals surface area contributed by atoms with Crippen molar-refractivity contribution in [3.05, 3.63) is 45.8 Å². The number of carbonyl (C=O) groups excluding carboxylic acids is 1. The minimum Gasteiger partial charge on any atom is -0.298 e. The van der Waals surface area contributed by atoms with Crippen molar-refractivity contribution < 1.29 is 4.79 Å². The number of hydrogen-bond acceptors (Lipinski definition) is 2. The Morgan fingerprint density at radius 1 is 1.31 bits per heavy atom. The fraction of sp³-hybridized carbons (Fsp3) is 0.154. The molecule has 0 aliphatic rings. The quantitative estimate of drug-likeness (QED) is 0.736. The standard InChI is InChI=1S/C13H11ClOS/c1-2-12-10(8-15)7-13(16-12)9-3-5-11(14)6-4-9/h3-8H,2H2,1H3. The molecule has 0 spiro atoms. The van der Waals surface area contributed by atoms with Crippen molar-refractivity contribution in [2.24, 2.45) is 0 Å². The molecule has 1 aromatic heterocycles. The van der Waals surface area contributed by atoms with Crippen LogP contribution >= 0.6 is 22.9 Å². The van der Waals surface area contributed by atoms with Crippen molar-refractivity contribution >= 4 is 29.2 Å². The van der Waals surface area contributed by atoms with Crippen molar-refractivity contribution in [1.29, 1.82) is 0 Å². The molecule has 2 rings (SSSR count). The van der Waals surface area contributed by atoms with Gasteiger partial charge in [0.25, 0.3) is 0 Å². The van der Waals surface area contributed by atoms with E-state index in [1.165, 1.54) is 0 Å². The van der Waals surface area contributed by atoms with Crippen LogP contribution in [0.15, 0.2) is 30.3 Å².